The Hall–Kier alpha value is -5.02. The van der Waals surface area contributed by atoms with Crippen LogP contribution in [-0.2, 0) is 0 Å². The maximum absolute atomic E-state index is 13.6. The molecule has 0 amide bonds. The Labute approximate surface area is 157 Å². The average molecular weight is 366 g/mol. The molecule has 2 rings (SSSR count). The number of hydrogen-bond donors (Lipinski definition) is 0. The van der Waals surface area contributed by atoms with Crippen molar-refractivity contribution in [2.45, 2.75) is 0 Å². The molecule has 0 unspecified atom stereocenters. The van der Waals surface area contributed by atoms with Crippen molar-refractivity contribution in [1.29, 1.82) is 31.6 Å². The monoisotopic (exact) mass is 366 g/mol. The molecule has 28 heavy (non-hydrogen) atoms. The highest BCUT2D eigenvalue weighted by Crippen LogP contribution is 2.16. The lowest BCUT2D eigenvalue weighted by atomic mass is 9.93. The summed E-state index contributed by atoms with van der Waals surface area (Å²) in [5.74, 6) is -1.94. The molecule has 0 fully saturated rings. The van der Waals surface area contributed by atoms with Crippen molar-refractivity contribution in [3.8, 4) is 36.4 Å². The van der Waals surface area contributed by atoms with Gasteiger partial charge in [0.1, 0.15) is 47.6 Å². The number of nitriles is 6. The number of rotatable bonds is 1. The Bertz CT molecular complexity index is 1360. The summed E-state index contributed by atoms with van der Waals surface area (Å²) in [4.78, 5) is 0. The van der Waals surface area contributed by atoms with Gasteiger partial charge in [-0.1, -0.05) is 0 Å². The SMILES string of the molecule is N#CC(C#N)=c1c(C#N)c/c(=C(/C#N)c2cc(F)cc(F)c2)c(C#N)c1C#N. The zero-order chi connectivity index (χ0) is 20.8. The normalized spacial score (nSPS) is 10.1. The van der Waals surface area contributed by atoms with Gasteiger partial charge in [0, 0.05) is 16.5 Å². The van der Waals surface area contributed by atoms with Crippen LogP contribution in [0.5, 0.6) is 0 Å². The van der Waals surface area contributed by atoms with E-state index in [1.165, 1.54) is 0 Å². The molecule has 0 saturated carbocycles. The smallest absolute Gasteiger partial charge is 0.139 e. The summed E-state index contributed by atoms with van der Waals surface area (Å²) in [6, 6.07) is 13.2. The predicted octanol–water partition coefficient (Wildman–Crippen LogP) is 1.50. The van der Waals surface area contributed by atoms with Crippen LogP contribution < -0.4 is 10.4 Å². The van der Waals surface area contributed by atoms with E-state index in [4.69, 9.17) is 10.5 Å². The summed E-state index contributed by atoms with van der Waals surface area (Å²) in [5, 5.41) is 55.5. The van der Waals surface area contributed by atoms with Gasteiger partial charge >= 0.3 is 0 Å². The molecule has 0 aliphatic rings. The first kappa shape index (κ1) is 19.3. The van der Waals surface area contributed by atoms with E-state index >= 15 is 0 Å². The van der Waals surface area contributed by atoms with Crippen LogP contribution in [0.3, 0.4) is 0 Å². The lowest BCUT2D eigenvalue weighted by Crippen LogP contribution is -2.26. The summed E-state index contributed by atoms with van der Waals surface area (Å²) in [6.07, 6.45) is 0. The van der Waals surface area contributed by atoms with Crippen LogP contribution in [0.15, 0.2) is 24.3 Å². The Morgan fingerprint density at radius 2 is 1.25 bits per heavy atom. The average Bonchev–Trinajstić information content (AvgIpc) is 2.68. The van der Waals surface area contributed by atoms with E-state index in [2.05, 4.69) is 0 Å². The van der Waals surface area contributed by atoms with E-state index in [0.29, 0.717) is 6.07 Å². The highest BCUT2D eigenvalue weighted by Gasteiger charge is 2.17. The molecule has 128 valence electrons. The van der Waals surface area contributed by atoms with Crippen LogP contribution in [0.25, 0.3) is 11.1 Å². The van der Waals surface area contributed by atoms with Crippen molar-refractivity contribution in [3.63, 3.8) is 0 Å². The molecule has 2 aromatic rings. The third-order valence-corrected chi connectivity index (χ3v) is 3.68. The second-order valence-corrected chi connectivity index (χ2v) is 5.18. The topological polar surface area (TPSA) is 143 Å². The second-order valence-electron chi connectivity index (χ2n) is 5.18. The van der Waals surface area contributed by atoms with E-state index < -0.39 is 28.3 Å². The van der Waals surface area contributed by atoms with Gasteiger partial charge in [-0.25, -0.2) is 8.78 Å². The van der Waals surface area contributed by atoms with Gasteiger partial charge in [-0.15, -0.1) is 0 Å². The number of nitrogens with zero attached hydrogens (tertiary/aromatic N) is 6. The molecular weight excluding hydrogens is 362 g/mol. The van der Waals surface area contributed by atoms with Crippen LogP contribution >= 0.6 is 0 Å². The number of hydrogen-bond acceptors (Lipinski definition) is 6. The fourth-order valence-corrected chi connectivity index (χ4v) is 2.57. The molecule has 0 aromatic heterocycles. The second kappa shape index (κ2) is 7.91. The summed E-state index contributed by atoms with van der Waals surface area (Å²) in [6.45, 7) is 0. The molecule has 0 aliphatic heterocycles. The minimum absolute atomic E-state index is 0.207. The highest BCUT2D eigenvalue weighted by atomic mass is 19.1. The third kappa shape index (κ3) is 3.22. The first-order valence-corrected chi connectivity index (χ1v) is 7.28. The molecule has 0 heterocycles. The maximum Gasteiger partial charge on any atom is 0.139 e. The molecule has 0 saturated heterocycles. The van der Waals surface area contributed by atoms with E-state index in [9.17, 15) is 29.8 Å². The van der Waals surface area contributed by atoms with E-state index in [1.807, 2.05) is 0 Å². The van der Waals surface area contributed by atoms with Crippen LogP contribution in [0.1, 0.15) is 22.3 Å². The third-order valence-electron chi connectivity index (χ3n) is 3.68. The number of benzene rings is 2. The zero-order valence-corrected chi connectivity index (χ0v) is 13.7. The van der Waals surface area contributed by atoms with Gasteiger partial charge < -0.3 is 0 Å². The summed E-state index contributed by atoms with van der Waals surface area (Å²) >= 11 is 0. The van der Waals surface area contributed by atoms with Crippen LogP contribution in [0, 0.1) is 79.6 Å². The molecule has 0 N–H and O–H groups in total. The minimum Gasteiger partial charge on any atom is -0.207 e. The Kier molecular flexibility index (Phi) is 5.45. The molecule has 0 spiro atoms. The predicted molar refractivity (Wildman–Crippen MR) is 89.0 cm³/mol. The molecule has 6 nitrogen and oxygen atoms in total. The molecule has 8 heteroatoms. The quantitative estimate of drug-likeness (QED) is 0.748. The summed E-state index contributed by atoms with van der Waals surface area (Å²) in [5.41, 5.74) is -2.30. The molecule has 0 atom stereocenters. The Morgan fingerprint density at radius 1 is 0.679 bits per heavy atom. The molecule has 2 aromatic carbocycles. The first-order valence-electron chi connectivity index (χ1n) is 7.28. The Balaban J connectivity index is 3.29. The fourth-order valence-electron chi connectivity index (χ4n) is 2.57. The van der Waals surface area contributed by atoms with E-state index in [1.54, 1.807) is 36.4 Å². The van der Waals surface area contributed by atoms with Crippen molar-refractivity contribution in [3.05, 3.63) is 68.6 Å². The van der Waals surface area contributed by atoms with Gasteiger partial charge in [0.2, 0.25) is 0 Å². The van der Waals surface area contributed by atoms with Crippen LogP contribution in [-0.4, -0.2) is 0 Å². The lowest BCUT2D eigenvalue weighted by Gasteiger charge is -2.05. The Morgan fingerprint density at radius 3 is 1.68 bits per heavy atom. The maximum atomic E-state index is 13.6. The number of halogens is 2. The van der Waals surface area contributed by atoms with Crippen molar-refractivity contribution >= 4 is 11.1 Å². The standard InChI is InChI=1S/C20H4F2N6/c21-14-1-11(2-15(22)4-14)17(8-26)16-3-12(5-23)20(13(6-24)7-25)19(10-28)18(16)9-27/h1-4H/b17-16+. The first-order chi connectivity index (χ1) is 13.4. The van der Waals surface area contributed by atoms with Crippen molar-refractivity contribution in [1.82, 2.24) is 0 Å². The highest BCUT2D eigenvalue weighted by molar-refractivity contribution is 5.81. The van der Waals surface area contributed by atoms with Crippen molar-refractivity contribution in [2.24, 2.45) is 0 Å². The van der Waals surface area contributed by atoms with Gasteiger partial charge in [0.25, 0.3) is 0 Å². The largest absolute Gasteiger partial charge is 0.207 e. The van der Waals surface area contributed by atoms with Crippen LogP contribution in [0.2, 0.25) is 0 Å². The summed E-state index contributed by atoms with van der Waals surface area (Å²) in [7, 11) is 0. The van der Waals surface area contributed by atoms with E-state index in [0.717, 1.165) is 18.2 Å². The molecule has 0 radical (unpaired) electrons. The lowest BCUT2D eigenvalue weighted by molar-refractivity contribution is 0.582. The van der Waals surface area contributed by atoms with Gasteiger partial charge in [-0.3, -0.25) is 0 Å². The molecular formula is C20H4F2N6. The van der Waals surface area contributed by atoms with Gasteiger partial charge in [0.15, 0.2) is 0 Å². The van der Waals surface area contributed by atoms with Gasteiger partial charge in [-0.2, -0.15) is 31.6 Å². The van der Waals surface area contributed by atoms with Crippen LogP contribution in [0.4, 0.5) is 8.78 Å². The van der Waals surface area contributed by atoms with Gasteiger partial charge in [0.05, 0.1) is 28.3 Å². The van der Waals surface area contributed by atoms with Gasteiger partial charge in [-0.05, 0) is 23.8 Å². The van der Waals surface area contributed by atoms with Crippen molar-refractivity contribution in [2.75, 3.05) is 0 Å². The molecule has 0 bridgehead atoms. The van der Waals surface area contributed by atoms with E-state index in [-0.39, 0.29) is 27.1 Å². The summed E-state index contributed by atoms with van der Waals surface area (Å²) < 4.78 is 27.1. The fraction of sp³-hybridized carbons (Fsp3) is 0. The zero-order valence-electron chi connectivity index (χ0n) is 13.7. The van der Waals surface area contributed by atoms with Crippen molar-refractivity contribution < 1.29 is 8.78 Å². The molecule has 0 aliphatic carbocycles. The minimum atomic E-state index is -0.969.